The van der Waals surface area contributed by atoms with Crippen molar-refractivity contribution < 1.29 is 27.9 Å². The smallest absolute Gasteiger partial charge is 0.475 e. The highest BCUT2D eigenvalue weighted by Crippen LogP contribution is 2.49. The number of nitrogens with one attached hydrogen (secondary N) is 1. The van der Waals surface area contributed by atoms with Crippen LogP contribution in [0.4, 0.5) is 18.9 Å². The van der Waals surface area contributed by atoms with E-state index in [4.69, 9.17) is 21.5 Å². The number of rotatable bonds is 2. The number of aliphatic carboxylic acids is 1. The number of carbonyl (C=O) groups excluding carboxylic acids is 1. The number of hydrogen-bond acceptors (Lipinski definition) is 5. The Morgan fingerprint density at radius 2 is 1.97 bits per heavy atom. The average molecular weight is 513 g/mol. The van der Waals surface area contributed by atoms with Gasteiger partial charge in [-0.15, -0.1) is 0 Å². The van der Waals surface area contributed by atoms with Gasteiger partial charge in [-0.2, -0.15) is 24.9 Å². The second-order valence-electron chi connectivity index (χ2n) is 8.53. The van der Waals surface area contributed by atoms with Crippen LogP contribution in [0.3, 0.4) is 0 Å². The Bertz CT molecular complexity index is 1130. The zero-order chi connectivity index (χ0) is 24.6. The monoisotopic (exact) mass is 512 g/mol. The van der Waals surface area contributed by atoms with Crippen molar-refractivity contribution in [1.29, 1.82) is 0 Å². The first-order chi connectivity index (χ1) is 16.1. The molecule has 1 saturated heterocycles. The van der Waals surface area contributed by atoms with E-state index in [9.17, 15) is 18.0 Å². The summed E-state index contributed by atoms with van der Waals surface area (Å²) in [6.07, 6.45) is -3.88. The molecule has 0 amide bonds. The summed E-state index contributed by atoms with van der Waals surface area (Å²) in [7, 11) is 0. The lowest BCUT2D eigenvalue weighted by atomic mass is 9.87. The predicted molar refractivity (Wildman–Crippen MR) is 128 cm³/mol. The fourth-order valence-electron chi connectivity index (χ4n) is 5.00. The quantitative estimate of drug-likeness (QED) is 0.528. The molecule has 5 nitrogen and oxygen atoms in total. The number of halogens is 4. The zero-order valence-corrected chi connectivity index (χ0v) is 20.0. The van der Waals surface area contributed by atoms with Crippen LogP contribution in [-0.4, -0.2) is 54.5 Å². The van der Waals surface area contributed by atoms with Crippen molar-refractivity contribution in [3.63, 3.8) is 0 Å². The van der Waals surface area contributed by atoms with Crippen LogP contribution in [0.25, 0.3) is 11.1 Å². The van der Waals surface area contributed by atoms with Crippen LogP contribution >= 0.6 is 23.4 Å². The molecule has 2 aromatic rings. The predicted octanol–water partition coefficient (Wildman–Crippen LogP) is 5.36. The topological polar surface area (TPSA) is 69.6 Å². The van der Waals surface area contributed by atoms with E-state index >= 15 is 0 Å². The van der Waals surface area contributed by atoms with Crippen LogP contribution in [0, 0.1) is 0 Å². The molecular weight excluding hydrogens is 489 g/mol. The first-order valence-electron chi connectivity index (χ1n) is 10.9. The van der Waals surface area contributed by atoms with E-state index in [-0.39, 0.29) is 5.78 Å². The molecule has 1 fully saturated rings. The summed E-state index contributed by atoms with van der Waals surface area (Å²) < 4.78 is 31.7. The molecule has 3 aliphatic heterocycles. The summed E-state index contributed by atoms with van der Waals surface area (Å²) in [4.78, 5) is 23.8. The molecule has 10 heteroatoms. The van der Waals surface area contributed by atoms with Gasteiger partial charge in [0.05, 0.1) is 0 Å². The molecule has 0 unspecified atom stereocenters. The standard InChI is InChI=1S/C22H23ClN2OS.C2HF3O2/c1-13(26)18-10-16(23)2-3-17(18)14-8-15-12-27-7-6-25-21-4-5-24-11-20(21)19(9-14)22(15)25;3-2(4,5)1(6)7/h2-3,8-10,20-21,24H,4-7,11-12H2,1H3;(H,6,7)/t20-,21-;/m0./s1. The zero-order valence-electron chi connectivity index (χ0n) is 18.4. The number of benzene rings is 2. The van der Waals surface area contributed by atoms with Crippen molar-refractivity contribution in [3.05, 3.63) is 52.0 Å². The second-order valence-corrected chi connectivity index (χ2v) is 10.1. The Balaban J connectivity index is 0.000000344. The van der Waals surface area contributed by atoms with E-state index in [1.807, 2.05) is 23.9 Å². The van der Waals surface area contributed by atoms with Crippen molar-refractivity contribution in [2.24, 2.45) is 0 Å². The van der Waals surface area contributed by atoms with Gasteiger partial charge in [-0.05, 0) is 66.4 Å². The molecule has 0 saturated carbocycles. The van der Waals surface area contributed by atoms with Crippen molar-refractivity contribution in [1.82, 2.24) is 5.32 Å². The van der Waals surface area contributed by atoms with Crippen LogP contribution in [0.5, 0.6) is 0 Å². The molecule has 3 aliphatic rings. The van der Waals surface area contributed by atoms with Gasteiger partial charge in [-0.1, -0.05) is 17.7 Å². The maximum atomic E-state index is 12.2. The van der Waals surface area contributed by atoms with Gasteiger partial charge in [-0.3, -0.25) is 4.79 Å². The molecule has 0 bridgehead atoms. The Hall–Kier alpha value is -2.23. The third-order valence-corrected chi connectivity index (χ3v) is 7.62. The maximum absolute atomic E-state index is 12.2. The van der Waals surface area contributed by atoms with Crippen LogP contribution in [0.2, 0.25) is 5.02 Å². The molecule has 0 aromatic heterocycles. The molecule has 34 heavy (non-hydrogen) atoms. The van der Waals surface area contributed by atoms with Crippen molar-refractivity contribution in [2.75, 3.05) is 30.3 Å². The van der Waals surface area contributed by atoms with E-state index in [0.29, 0.717) is 22.5 Å². The average Bonchev–Trinajstić information content (AvgIpc) is 2.94. The highest BCUT2D eigenvalue weighted by Gasteiger charge is 2.42. The number of hydrogen-bond donors (Lipinski definition) is 2. The van der Waals surface area contributed by atoms with Gasteiger partial charge >= 0.3 is 12.1 Å². The third kappa shape index (κ3) is 4.92. The van der Waals surface area contributed by atoms with Crippen molar-refractivity contribution >= 4 is 40.8 Å². The summed E-state index contributed by atoms with van der Waals surface area (Å²) >= 11 is 8.19. The van der Waals surface area contributed by atoms with Crippen LogP contribution in [0.15, 0.2) is 30.3 Å². The molecule has 2 atom stereocenters. The summed E-state index contributed by atoms with van der Waals surface area (Å²) in [5.41, 5.74) is 7.22. The highest BCUT2D eigenvalue weighted by molar-refractivity contribution is 7.98. The minimum Gasteiger partial charge on any atom is -0.475 e. The van der Waals surface area contributed by atoms with E-state index in [1.54, 1.807) is 13.0 Å². The summed E-state index contributed by atoms with van der Waals surface area (Å²) in [5.74, 6) is 0.0747. The minimum atomic E-state index is -5.08. The number of Topliss-reactive ketones (excluding diaryl/α,β-unsaturated/α-hetero) is 1. The van der Waals surface area contributed by atoms with Gasteiger partial charge < -0.3 is 15.3 Å². The fourth-order valence-corrected chi connectivity index (χ4v) is 6.08. The Morgan fingerprint density at radius 1 is 1.24 bits per heavy atom. The fraction of sp³-hybridized carbons (Fsp3) is 0.417. The number of thioether (sulfide) groups is 1. The van der Waals surface area contributed by atoms with Gasteiger partial charge in [-0.25, -0.2) is 4.79 Å². The van der Waals surface area contributed by atoms with E-state index in [2.05, 4.69) is 22.3 Å². The minimum absolute atomic E-state index is 0.0621. The normalized spacial score (nSPS) is 21.0. The summed E-state index contributed by atoms with van der Waals surface area (Å²) in [6, 6.07) is 11.0. The molecule has 3 heterocycles. The molecule has 0 radical (unpaired) electrons. The molecule has 2 N–H and O–H groups in total. The number of piperidine rings is 1. The van der Waals surface area contributed by atoms with Crippen LogP contribution < -0.4 is 10.2 Å². The van der Waals surface area contributed by atoms with Crippen LogP contribution in [-0.2, 0) is 10.5 Å². The lowest BCUT2D eigenvalue weighted by Crippen LogP contribution is -2.44. The highest BCUT2D eigenvalue weighted by atomic mass is 35.5. The van der Waals surface area contributed by atoms with E-state index < -0.39 is 12.1 Å². The number of alkyl halides is 3. The summed E-state index contributed by atoms with van der Waals surface area (Å²) in [5, 5.41) is 11.3. The first kappa shape index (κ1) is 24.9. The SMILES string of the molecule is CC(=O)c1cc(Cl)ccc1-c1cc2c3c(c1)[C@@H]1CNCC[C@@H]1N3CCSC2.O=C(O)C(F)(F)F. The first-order valence-corrected chi connectivity index (χ1v) is 12.4. The maximum Gasteiger partial charge on any atom is 0.490 e. The van der Waals surface area contributed by atoms with Gasteiger partial charge in [0.15, 0.2) is 5.78 Å². The Morgan fingerprint density at radius 3 is 2.65 bits per heavy atom. The van der Waals surface area contributed by atoms with Gasteiger partial charge in [0.1, 0.15) is 0 Å². The summed E-state index contributed by atoms with van der Waals surface area (Å²) in [6.45, 7) is 4.91. The number of ketones is 1. The molecular formula is C24H24ClF3N2O3S. The number of carbonyl (C=O) groups is 2. The molecule has 0 aliphatic carbocycles. The molecule has 0 spiro atoms. The molecule has 182 valence electrons. The Kier molecular flexibility index (Phi) is 7.17. The number of anilines is 1. The van der Waals surface area contributed by atoms with Crippen LogP contribution in [0.1, 0.15) is 40.7 Å². The number of carboxylic acids is 1. The third-order valence-electron chi connectivity index (χ3n) is 6.40. The molecule has 5 rings (SSSR count). The van der Waals surface area contributed by atoms with E-state index in [1.165, 1.54) is 29.0 Å². The number of fused-ring (bicyclic) bond motifs is 3. The largest absolute Gasteiger partial charge is 0.490 e. The number of nitrogens with zero attached hydrogens (tertiary/aromatic N) is 1. The van der Waals surface area contributed by atoms with Crippen molar-refractivity contribution in [3.8, 4) is 11.1 Å². The van der Waals surface area contributed by atoms with Gasteiger partial charge in [0, 0.05) is 52.8 Å². The lowest BCUT2D eigenvalue weighted by molar-refractivity contribution is -0.192. The van der Waals surface area contributed by atoms with Gasteiger partial charge in [0.2, 0.25) is 0 Å². The lowest BCUT2D eigenvalue weighted by Gasteiger charge is -2.33. The van der Waals surface area contributed by atoms with Gasteiger partial charge in [0.25, 0.3) is 0 Å². The second kappa shape index (κ2) is 9.79. The van der Waals surface area contributed by atoms with E-state index in [0.717, 1.165) is 36.5 Å². The number of carboxylic acid groups (broad SMARTS) is 1. The van der Waals surface area contributed by atoms with Crippen molar-refractivity contribution in [2.45, 2.75) is 37.2 Å². The molecule has 2 aromatic carbocycles. The Labute approximate surface area is 204 Å².